The van der Waals surface area contributed by atoms with Crippen LogP contribution in [0.5, 0.6) is 0 Å². The maximum Gasteiger partial charge on any atom is 0.178 e. The van der Waals surface area contributed by atoms with E-state index in [-0.39, 0.29) is 11.2 Å². The fraction of sp³-hybridized carbons (Fsp3) is 0.455. The summed E-state index contributed by atoms with van der Waals surface area (Å²) in [7, 11) is 0. The van der Waals surface area contributed by atoms with E-state index in [9.17, 15) is 4.79 Å². The van der Waals surface area contributed by atoms with Gasteiger partial charge in [-0.15, -0.1) is 0 Å². The molecule has 1 aromatic heterocycles. The van der Waals surface area contributed by atoms with Crippen molar-refractivity contribution in [2.24, 2.45) is 0 Å². The van der Waals surface area contributed by atoms with Crippen molar-refractivity contribution >= 4 is 17.4 Å². The molecule has 0 amide bonds. The molecule has 0 radical (unpaired) electrons. The molecule has 76 valence electrons. The first-order valence-corrected chi connectivity index (χ1v) is 4.87. The third kappa shape index (κ3) is 2.55. The van der Waals surface area contributed by atoms with Crippen molar-refractivity contribution in [2.45, 2.75) is 33.1 Å². The second kappa shape index (κ2) is 3.70. The molecule has 1 heterocycles. The highest BCUT2D eigenvalue weighted by Crippen LogP contribution is 2.23. The molecule has 0 aliphatic heterocycles. The summed E-state index contributed by atoms with van der Waals surface area (Å²) in [4.78, 5) is 15.4. The van der Waals surface area contributed by atoms with Gasteiger partial charge in [0.15, 0.2) is 5.78 Å². The van der Waals surface area contributed by atoms with Crippen LogP contribution in [0.1, 0.15) is 43.9 Å². The van der Waals surface area contributed by atoms with Crippen LogP contribution in [-0.4, -0.2) is 10.8 Å². The van der Waals surface area contributed by atoms with Crippen molar-refractivity contribution in [1.29, 1.82) is 0 Å². The average molecular weight is 212 g/mol. The SMILES string of the molecule is CC(=O)c1cc(Cl)cc(C(C)(C)C)n1. The van der Waals surface area contributed by atoms with Crippen LogP contribution in [-0.2, 0) is 5.41 Å². The maximum atomic E-state index is 11.2. The monoisotopic (exact) mass is 211 g/mol. The summed E-state index contributed by atoms with van der Waals surface area (Å²) in [6.45, 7) is 7.60. The molecule has 2 nitrogen and oxygen atoms in total. The fourth-order valence-electron chi connectivity index (χ4n) is 1.06. The van der Waals surface area contributed by atoms with Gasteiger partial charge in [-0.25, -0.2) is 4.98 Å². The van der Waals surface area contributed by atoms with Crippen LogP contribution in [0, 0.1) is 0 Å². The normalized spacial score (nSPS) is 11.5. The van der Waals surface area contributed by atoms with E-state index in [0.29, 0.717) is 10.7 Å². The van der Waals surface area contributed by atoms with E-state index in [1.54, 1.807) is 12.1 Å². The van der Waals surface area contributed by atoms with Gasteiger partial charge in [0.05, 0.1) is 0 Å². The van der Waals surface area contributed by atoms with Gasteiger partial charge in [-0.3, -0.25) is 4.79 Å². The Kier molecular flexibility index (Phi) is 2.95. The molecule has 0 saturated carbocycles. The van der Waals surface area contributed by atoms with E-state index in [1.165, 1.54) is 6.92 Å². The zero-order valence-electron chi connectivity index (χ0n) is 8.89. The number of Topliss-reactive ketones (excluding diaryl/α,β-unsaturated/α-hetero) is 1. The molecule has 0 unspecified atom stereocenters. The quantitative estimate of drug-likeness (QED) is 0.668. The molecule has 0 N–H and O–H groups in total. The second-order valence-corrected chi connectivity index (χ2v) is 4.80. The second-order valence-electron chi connectivity index (χ2n) is 4.36. The van der Waals surface area contributed by atoms with Gasteiger partial charge in [-0.05, 0) is 12.1 Å². The molecule has 1 aromatic rings. The van der Waals surface area contributed by atoms with Crippen LogP contribution < -0.4 is 0 Å². The number of hydrogen-bond donors (Lipinski definition) is 0. The number of nitrogens with zero attached hydrogens (tertiary/aromatic N) is 1. The highest BCUT2D eigenvalue weighted by Gasteiger charge is 2.17. The highest BCUT2D eigenvalue weighted by molar-refractivity contribution is 6.30. The largest absolute Gasteiger partial charge is 0.293 e. The first kappa shape index (κ1) is 11.2. The lowest BCUT2D eigenvalue weighted by molar-refractivity contribution is 0.101. The number of carbonyl (C=O) groups excluding carboxylic acids is 1. The van der Waals surface area contributed by atoms with E-state index in [0.717, 1.165) is 5.69 Å². The third-order valence-corrected chi connectivity index (χ3v) is 2.14. The van der Waals surface area contributed by atoms with Gasteiger partial charge in [0.25, 0.3) is 0 Å². The van der Waals surface area contributed by atoms with Crippen molar-refractivity contribution in [3.05, 3.63) is 28.5 Å². The Labute approximate surface area is 89.3 Å². The summed E-state index contributed by atoms with van der Waals surface area (Å²) in [5, 5.41) is 0.565. The highest BCUT2D eigenvalue weighted by atomic mass is 35.5. The minimum Gasteiger partial charge on any atom is -0.293 e. The topological polar surface area (TPSA) is 30.0 Å². The Bertz CT molecular complexity index is 366. The first-order chi connectivity index (χ1) is 6.30. The standard InChI is InChI=1S/C11H14ClNO/c1-7(14)9-5-8(12)6-10(13-9)11(2,3)4/h5-6H,1-4H3. The van der Waals surface area contributed by atoms with Crippen LogP contribution in [0.2, 0.25) is 5.02 Å². The number of pyridine rings is 1. The number of carbonyl (C=O) groups is 1. The van der Waals surface area contributed by atoms with E-state index in [4.69, 9.17) is 11.6 Å². The molecule has 0 aliphatic rings. The summed E-state index contributed by atoms with van der Waals surface area (Å²) >= 11 is 5.91. The van der Waals surface area contributed by atoms with E-state index >= 15 is 0 Å². The fourth-order valence-corrected chi connectivity index (χ4v) is 1.27. The summed E-state index contributed by atoms with van der Waals surface area (Å²) in [5.74, 6) is -0.0574. The van der Waals surface area contributed by atoms with Crippen LogP contribution in [0.4, 0.5) is 0 Å². The molecule has 1 rings (SSSR count). The molecular weight excluding hydrogens is 198 g/mol. The Hall–Kier alpha value is -0.890. The lowest BCUT2D eigenvalue weighted by Gasteiger charge is -2.18. The molecule has 0 atom stereocenters. The predicted octanol–water partition coefficient (Wildman–Crippen LogP) is 3.24. The van der Waals surface area contributed by atoms with Gasteiger partial charge in [-0.1, -0.05) is 32.4 Å². The van der Waals surface area contributed by atoms with Crippen LogP contribution in [0.15, 0.2) is 12.1 Å². The summed E-state index contributed by atoms with van der Waals surface area (Å²) < 4.78 is 0. The zero-order chi connectivity index (χ0) is 10.9. The average Bonchev–Trinajstić information content (AvgIpc) is 2.01. The van der Waals surface area contributed by atoms with Crippen molar-refractivity contribution < 1.29 is 4.79 Å². The molecule has 0 aromatic carbocycles. The van der Waals surface area contributed by atoms with Crippen molar-refractivity contribution in [2.75, 3.05) is 0 Å². The number of ketones is 1. The minimum absolute atomic E-state index is 0.0574. The number of halogens is 1. The van der Waals surface area contributed by atoms with Gasteiger partial charge >= 0.3 is 0 Å². The molecule has 0 fully saturated rings. The minimum atomic E-state index is -0.0882. The van der Waals surface area contributed by atoms with Gasteiger partial charge in [0.2, 0.25) is 0 Å². The smallest absolute Gasteiger partial charge is 0.178 e. The lowest BCUT2D eigenvalue weighted by atomic mass is 9.91. The van der Waals surface area contributed by atoms with Crippen LogP contribution >= 0.6 is 11.6 Å². The Morgan fingerprint density at radius 3 is 2.36 bits per heavy atom. The molecule has 14 heavy (non-hydrogen) atoms. The molecule has 0 saturated heterocycles. The summed E-state index contributed by atoms with van der Waals surface area (Å²) in [6.07, 6.45) is 0. The number of aromatic nitrogens is 1. The van der Waals surface area contributed by atoms with E-state index in [2.05, 4.69) is 4.98 Å². The van der Waals surface area contributed by atoms with Crippen molar-refractivity contribution in [3.63, 3.8) is 0 Å². The van der Waals surface area contributed by atoms with Gasteiger partial charge in [0.1, 0.15) is 5.69 Å². The van der Waals surface area contributed by atoms with Crippen LogP contribution in [0.3, 0.4) is 0 Å². The first-order valence-electron chi connectivity index (χ1n) is 4.50. The molecule has 0 aliphatic carbocycles. The van der Waals surface area contributed by atoms with Gasteiger partial charge in [-0.2, -0.15) is 0 Å². The van der Waals surface area contributed by atoms with Gasteiger partial charge < -0.3 is 0 Å². The van der Waals surface area contributed by atoms with E-state index in [1.807, 2.05) is 20.8 Å². The maximum absolute atomic E-state index is 11.2. The molecule has 3 heteroatoms. The molecule has 0 bridgehead atoms. The lowest BCUT2D eigenvalue weighted by Crippen LogP contribution is -2.15. The van der Waals surface area contributed by atoms with E-state index < -0.39 is 0 Å². The van der Waals surface area contributed by atoms with Crippen molar-refractivity contribution in [3.8, 4) is 0 Å². The van der Waals surface area contributed by atoms with Gasteiger partial charge in [0, 0.05) is 23.1 Å². The number of rotatable bonds is 1. The zero-order valence-corrected chi connectivity index (χ0v) is 9.64. The molecular formula is C11H14ClNO. The Balaban J connectivity index is 3.28. The van der Waals surface area contributed by atoms with Crippen molar-refractivity contribution in [1.82, 2.24) is 4.98 Å². The summed E-state index contributed by atoms with van der Waals surface area (Å²) in [5.41, 5.74) is 1.19. The Morgan fingerprint density at radius 2 is 1.93 bits per heavy atom. The molecule has 0 spiro atoms. The van der Waals surface area contributed by atoms with Crippen LogP contribution in [0.25, 0.3) is 0 Å². The number of hydrogen-bond acceptors (Lipinski definition) is 2. The third-order valence-electron chi connectivity index (χ3n) is 1.92. The predicted molar refractivity (Wildman–Crippen MR) is 58.0 cm³/mol. The Morgan fingerprint density at radius 1 is 1.36 bits per heavy atom. The summed E-state index contributed by atoms with van der Waals surface area (Å²) in [6, 6.07) is 3.40.